The molecule has 6 rings (SSSR count). The van der Waals surface area contributed by atoms with Gasteiger partial charge in [-0.15, -0.1) is 0 Å². The molecule has 0 bridgehead atoms. The van der Waals surface area contributed by atoms with Crippen molar-refractivity contribution in [1.29, 1.82) is 0 Å². The quantitative estimate of drug-likeness (QED) is 0.276. The van der Waals surface area contributed by atoms with Crippen molar-refractivity contribution in [3.8, 4) is 57.6 Å². The minimum absolute atomic E-state index is 0.589. The normalized spacial score (nSPS) is 11.4. The summed E-state index contributed by atoms with van der Waals surface area (Å²) in [5.74, 6) is 7.90. The zero-order valence-electron chi connectivity index (χ0n) is 17.4. The third kappa shape index (κ3) is 3.22. The van der Waals surface area contributed by atoms with Crippen LogP contribution in [0.25, 0.3) is 57.6 Å². The van der Waals surface area contributed by atoms with Crippen LogP contribution in [0.5, 0.6) is 0 Å². The van der Waals surface area contributed by atoms with Gasteiger partial charge in [0.15, 0.2) is 57.6 Å². The molecule has 0 amide bonds. The molecule has 6 aromatic heterocycles. The van der Waals surface area contributed by atoms with Crippen molar-refractivity contribution in [2.75, 3.05) is 0 Å². The Morgan fingerprint density at radius 3 is 0.656 bits per heavy atom. The molecular formula is C26H18O6. The molecule has 0 aromatic carbocycles. The smallest absolute Gasteiger partial charge is 0.170 e. The summed E-state index contributed by atoms with van der Waals surface area (Å²) in [6, 6.07) is 22.3. The SMILES string of the molecule is Cc1ccc(-c2ccc(-c3ccc(-c4ccc(-c5ccc(-c6ccc(C)o6)o5)o4)o3)o2)o1. The first-order valence-electron chi connectivity index (χ1n) is 10.2. The highest BCUT2D eigenvalue weighted by molar-refractivity contribution is 5.65. The van der Waals surface area contributed by atoms with Crippen LogP contribution in [0.3, 0.4) is 0 Å². The van der Waals surface area contributed by atoms with E-state index in [9.17, 15) is 0 Å². The van der Waals surface area contributed by atoms with Crippen molar-refractivity contribution in [2.24, 2.45) is 0 Å². The summed E-state index contributed by atoms with van der Waals surface area (Å²) in [6.45, 7) is 3.79. The predicted octanol–water partition coefficient (Wildman–Crippen LogP) is 8.20. The molecule has 6 nitrogen and oxygen atoms in total. The maximum absolute atomic E-state index is 5.97. The molecule has 0 spiro atoms. The monoisotopic (exact) mass is 426 g/mol. The first-order valence-corrected chi connectivity index (χ1v) is 10.2. The maximum Gasteiger partial charge on any atom is 0.170 e. The molecule has 0 aliphatic rings. The minimum atomic E-state index is 0.589. The van der Waals surface area contributed by atoms with Crippen molar-refractivity contribution in [3.63, 3.8) is 0 Å². The lowest BCUT2D eigenvalue weighted by Crippen LogP contribution is -1.69. The van der Waals surface area contributed by atoms with Crippen molar-refractivity contribution < 1.29 is 26.5 Å². The van der Waals surface area contributed by atoms with Crippen LogP contribution in [0.4, 0.5) is 0 Å². The standard InChI is InChI=1S/C26H18O6/c1-15-3-5-17(27-15)19-7-9-21(29-19)23-11-13-25(31-23)26-14-12-24(32-26)22-10-8-20(30-22)18-6-4-16(2)28-18/h3-14H,1-2H3. The van der Waals surface area contributed by atoms with E-state index >= 15 is 0 Å². The Kier molecular flexibility index (Phi) is 4.11. The van der Waals surface area contributed by atoms with Gasteiger partial charge in [0, 0.05) is 0 Å². The maximum atomic E-state index is 5.97. The first-order chi connectivity index (χ1) is 15.6. The summed E-state index contributed by atoms with van der Waals surface area (Å²) in [6.07, 6.45) is 0. The van der Waals surface area contributed by atoms with E-state index < -0.39 is 0 Å². The van der Waals surface area contributed by atoms with Gasteiger partial charge in [-0.2, -0.15) is 0 Å². The molecule has 0 saturated carbocycles. The van der Waals surface area contributed by atoms with E-state index in [1.165, 1.54) is 0 Å². The third-order valence-electron chi connectivity index (χ3n) is 5.12. The van der Waals surface area contributed by atoms with E-state index in [0.717, 1.165) is 11.5 Å². The molecule has 158 valence electrons. The number of aryl methyl sites for hydroxylation is 2. The van der Waals surface area contributed by atoms with Gasteiger partial charge in [-0.05, 0) is 86.6 Å². The number of hydrogen-bond donors (Lipinski definition) is 0. The Labute approximate surface area is 182 Å². The second-order valence-corrected chi connectivity index (χ2v) is 7.48. The lowest BCUT2D eigenvalue weighted by molar-refractivity contribution is 0.488. The second kappa shape index (κ2) is 7.13. The van der Waals surface area contributed by atoms with Crippen LogP contribution < -0.4 is 0 Å². The number of furan rings is 6. The van der Waals surface area contributed by atoms with Crippen LogP contribution in [-0.4, -0.2) is 0 Å². The van der Waals surface area contributed by atoms with Crippen LogP contribution >= 0.6 is 0 Å². The van der Waals surface area contributed by atoms with E-state index in [4.69, 9.17) is 26.5 Å². The fourth-order valence-electron chi connectivity index (χ4n) is 3.54. The van der Waals surface area contributed by atoms with Crippen molar-refractivity contribution in [1.82, 2.24) is 0 Å². The van der Waals surface area contributed by atoms with E-state index in [0.29, 0.717) is 57.6 Å². The average molecular weight is 426 g/mol. The molecular weight excluding hydrogens is 408 g/mol. The third-order valence-corrected chi connectivity index (χ3v) is 5.12. The Balaban J connectivity index is 1.24. The fraction of sp³-hybridized carbons (Fsp3) is 0.0769. The Morgan fingerprint density at radius 1 is 0.281 bits per heavy atom. The van der Waals surface area contributed by atoms with Crippen molar-refractivity contribution in [3.05, 3.63) is 84.3 Å². The van der Waals surface area contributed by atoms with Crippen LogP contribution in [-0.2, 0) is 0 Å². The number of rotatable bonds is 5. The van der Waals surface area contributed by atoms with Crippen LogP contribution in [0.1, 0.15) is 11.5 Å². The largest absolute Gasteiger partial charge is 0.458 e. The number of hydrogen-bond acceptors (Lipinski definition) is 6. The molecule has 0 atom stereocenters. The summed E-state index contributed by atoms with van der Waals surface area (Å²) in [7, 11) is 0. The van der Waals surface area contributed by atoms with Crippen LogP contribution in [0, 0.1) is 13.8 Å². The van der Waals surface area contributed by atoms with E-state index in [1.54, 1.807) is 0 Å². The van der Waals surface area contributed by atoms with Gasteiger partial charge in [0.25, 0.3) is 0 Å². The summed E-state index contributed by atoms with van der Waals surface area (Å²) < 4.78 is 35.0. The summed E-state index contributed by atoms with van der Waals surface area (Å²) in [4.78, 5) is 0. The van der Waals surface area contributed by atoms with E-state index in [2.05, 4.69) is 0 Å². The molecule has 0 fully saturated rings. The molecule has 0 aliphatic heterocycles. The molecule has 6 heterocycles. The second-order valence-electron chi connectivity index (χ2n) is 7.48. The van der Waals surface area contributed by atoms with Crippen molar-refractivity contribution in [2.45, 2.75) is 13.8 Å². The molecule has 0 saturated heterocycles. The van der Waals surface area contributed by atoms with Gasteiger partial charge in [0.1, 0.15) is 11.5 Å². The first kappa shape index (κ1) is 18.4. The van der Waals surface area contributed by atoms with Crippen LogP contribution in [0.15, 0.2) is 99.3 Å². The highest BCUT2D eigenvalue weighted by Gasteiger charge is 2.17. The lowest BCUT2D eigenvalue weighted by Gasteiger charge is -1.94. The van der Waals surface area contributed by atoms with Gasteiger partial charge < -0.3 is 26.5 Å². The molecule has 6 heteroatoms. The lowest BCUT2D eigenvalue weighted by atomic mass is 10.3. The van der Waals surface area contributed by atoms with Crippen LogP contribution in [0.2, 0.25) is 0 Å². The molecule has 32 heavy (non-hydrogen) atoms. The van der Waals surface area contributed by atoms with Gasteiger partial charge in [0.2, 0.25) is 0 Å². The molecule has 0 radical (unpaired) electrons. The topological polar surface area (TPSA) is 78.8 Å². The Hall–Kier alpha value is -4.32. The molecule has 0 unspecified atom stereocenters. The van der Waals surface area contributed by atoms with Gasteiger partial charge in [-0.3, -0.25) is 0 Å². The Morgan fingerprint density at radius 2 is 0.469 bits per heavy atom. The molecule has 0 aliphatic carbocycles. The summed E-state index contributed by atoms with van der Waals surface area (Å²) in [5, 5.41) is 0. The molecule has 0 N–H and O–H groups in total. The van der Waals surface area contributed by atoms with Gasteiger partial charge in [-0.25, -0.2) is 0 Å². The Bertz CT molecular complexity index is 1390. The van der Waals surface area contributed by atoms with Gasteiger partial charge in [0.05, 0.1) is 0 Å². The zero-order valence-corrected chi connectivity index (χ0v) is 17.4. The highest BCUT2D eigenvalue weighted by atomic mass is 16.4. The average Bonchev–Trinajstić information content (AvgIpc) is 3.61. The zero-order chi connectivity index (χ0) is 21.7. The van der Waals surface area contributed by atoms with E-state index in [-0.39, 0.29) is 0 Å². The fourth-order valence-corrected chi connectivity index (χ4v) is 3.54. The summed E-state index contributed by atoms with van der Waals surface area (Å²) in [5.41, 5.74) is 0. The molecule has 6 aromatic rings. The highest BCUT2D eigenvalue weighted by Crippen LogP contribution is 2.36. The summed E-state index contributed by atoms with van der Waals surface area (Å²) >= 11 is 0. The van der Waals surface area contributed by atoms with Gasteiger partial charge >= 0.3 is 0 Å². The minimum Gasteiger partial charge on any atom is -0.458 e. The van der Waals surface area contributed by atoms with Crippen molar-refractivity contribution >= 4 is 0 Å². The van der Waals surface area contributed by atoms with Gasteiger partial charge in [-0.1, -0.05) is 0 Å². The predicted molar refractivity (Wildman–Crippen MR) is 117 cm³/mol. The van der Waals surface area contributed by atoms with E-state index in [1.807, 2.05) is 86.6 Å².